The van der Waals surface area contributed by atoms with Gasteiger partial charge in [-0.15, -0.1) is 0 Å². The fourth-order valence-corrected chi connectivity index (χ4v) is 2.03. The standard InChI is InChI=1S/C12H20N4O/c1-10-2-4-15(5-3-10)8-12(17)9-16-7-11(13)6-14-16/h2,6-7,12,17H,3-5,8-9,13H2,1H3. The molecule has 5 heteroatoms. The molecule has 1 aliphatic rings. The number of aromatic nitrogens is 2. The first-order valence-corrected chi connectivity index (χ1v) is 5.97. The van der Waals surface area contributed by atoms with Crippen molar-refractivity contribution in [3.05, 3.63) is 24.0 Å². The van der Waals surface area contributed by atoms with Crippen molar-refractivity contribution in [2.75, 3.05) is 25.4 Å². The molecule has 0 saturated carbocycles. The van der Waals surface area contributed by atoms with Gasteiger partial charge in [-0.1, -0.05) is 11.6 Å². The van der Waals surface area contributed by atoms with Crippen molar-refractivity contribution in [3.63, 3.8) is 0 Å². The summed E-state index contributed by atoms with van der Waals surface area (Å²) >= 11 is 0. The van der Waals surface area contributed by atoms with E-state index in [2.05, 4.69) is 23.0 Å². The Bertz CT molecular complexity index is 399. The Balaban J connectivity index is 1.79. The summed E-state index contributed by atoms with van der Waals surface area (Å²) in [6.45, 7) is 5.30. The first-order valence-electron chi connectivity index (χ1n) is 5.97. The van der Waals surface area contributed by atoms with Gasteiger partial charge in [0.2, 0.25) is 0 Å². The molecule has 1 unspecified atom stereocenters. The smallest absolute Gasteiger partial charge is 0.0862 e. The molecule has 3 N–H and O–H groups in total. The van der Waals surface area contributed by atoms with E-state index in [9.17, 15) is 5.11 Å². The molecule has 0 amide bonds. The van der Waals surface area contributed by atoms with E-state index in [4.69, 9.17) is 5.73 Å². The Hall–Kier alpha value is -1.33. The van der Waals surface area contributed by atoms with Gasteiger partial charge in [-0.2, -0.15) is 5.10 Å². The van der Waals surface area contributed by atoms with E-state index in [1.807, 2.05) is 0 Å². The molecular weight excluding hydrogens is 216 g/mol. The van der Waals surface area contributed by atoms with Gasteiger partial charge in [0, 0.05) is 25.8 Å². The zero-order chi connectivity index (χ0) is 12.3. The average molecular weight is 236 g/mol. The fraction of sp³-hybridized carbons (Fsp3) is 0.583. The van der Waals surface area contributed by atoms with E-state index in [-0.39, 0.29) is 0 Å². The molecule has 0 radical (unpaired) electrons. The molecule has 2 rings (SSSR count). The maximum absolute atomic E-state index is 9.97. The SMILES string of the molecule is CC1=CCN(CC(O)Cn2cc(N)cn2)CC1. The topological polar surface area (TPSA) is 67.3 Å². The molecule has 1 aliphatic heterocycles. The summed E-state index contributed by atoms with van der Waals surface area (Å²) in [7, 11) is 0. The van der Waals surface area contributed by atoms with Gasteiger partial charge in [0.1, 0.15) is 0 Å². The number of aliphatic hydroxyl groups excluding tert-OH is 1. The van der Waals surface area contributed by atoms with Gasteiger partial charge in [-0.3, -0.25) is 9.58 Å². The number of hydrogen-bond donors (Lipinski definition) is 2. The lowest BCUT2D eigenvalue weighted by molar-refractivity contribution is 0.0986. The van der Waals surface area contributed by atoms with Crippen LogP contribution in [0.1, 0.15) is 13.3 Å². The summed E-state index contributed by atoms with van der Waals surface area (Å²) in [5, 5.41) is 14.0. The van der Waals surface area contributed by atoms with Crippen molar-refractivity contribution < 1.29 is 5.11 Å². The van der Waals surface area contributed by atoms with Gasteiger partial charge in [0.25, 0.3) is 0 Å². The van der Waals surface area contributed by atoms with Crippen molar-refractivity contribution in [2.45, 2.75) is 26.0 Å². The third-order valence-corrected chi connectivity index (χ3v) is 3.04. The second-order valence-electron chi connectivity index (χ2n) is 4.71. The number of rotatable bonds is 4. The molecule has 0 spiro atoms. The molecule has 0 aliphatic carbocycles. The van der Waals surface area contributed by atoms with Gasteiger partial charge < -0.3 is 10.8 Å². The maximum Gasteiger partial charge on any atom is 0.0862 e. The third kappa shape index (κ3) is 3.57. The van der Waals surface area contributed by atoms with E-state index in [0.717, 1.165) is 19.5 Å². The van der Waals surface area contributed by atoms with E-state index in [0.29, 0.717) is 18.8 Å². The van der Waals surface area contributed by atoms with Gasteiger partial charge in [-0.25, -0.2) is 0 Å². The van der Waals surface area contributed by atoms with Crippen LogP contribution in [-0.2, 0) is 6.54 Å². The Morgan fingerprint density at radius 2 is 2.35 bits per heavy atom. The number of nitrogens with zero attached hydrogens (tertiary/aromatic N) is 3. The minimum Gasteiger partial charge on any atom is -0.396 e. The lowest BCUT2D eigenvalue weighted by Gasteiger charge is -2.27. The lowest BCUT2D eigenvalue weighted by Crippen LogP contribution is -2.37. The van der Waals surface area contributed by atoms with Crippen molar-refractivity contribution in [2.24, 2.45) is 0 Å². The van der Waals surface area contributed by atoms with Crippen LogP contribution in [0, 0.1) is 0 Å². The summed E-state index contributed by atoms with van der Waals surface area (Å²) < 4.78 is 1.69. The predicted molar refractivity (Wildman–Crippen MR) is 67.5 cm³/mol. The van der Waals surface area contributed by atoms with Crippen LogP contribution in [0.2, 0.25) is 0 Å². The molecule has 0 aromatic carbocycles. The van der Waals surface area contributed by atoms with Gasteiger partial charge in [0.15, 0.2) is 0 Å². The van der Waals surface area contributed by atoms with Crippen molar-refractivity contribution in [1.82, 2.24) is 14.7 Å². The maximum atomic E-state index is 9.97. The minimum atomic E-state index is -0.402. The van der Waals surface area contributed by atoms with E-state index in [1.54, 1.807) is 17.1 Å². The van der Waals surface area contributed by atoms with E-state index in [1.165, 1.54) is 5.57 Å². The first-order chi connectivity index (χ1) is 8.13. The van der Waals surface area contributed by atoms with Crippen LogP contribution in [0.3, 0.4) is 0 Å². The molecule has 1 aromatic heterocycles. The highest BCUT2D eigenvalue weighted by Gasteiger charge is 2.14. The first kappa shape index (κ1) is 12.1. The van der Waals surface area contributed by atoms with Gasteiger partial charge in [0.05, 0.1) is 24.5 Å². The summed E-state index contributed by atoms with van der Waals surface area (Å²) in [5.41, 5.74) is 7.64. The lowest BCUT2D eigenvalue weighted by atomic mass is 10.1. The van der Waals surface area contributed by atoms with Gasteiger partial charge >= 0.3 is 0 Å². The summed E-state index contributed by atoms with van der Waals surface area (Å²) in [6.07, 6.45) is 6.26. The number of nitrogen functional groups attached to an aromatic ring is 1. The highest BCUT2D eigenvalue weighted by atomic mass is 16.3. The second kappa shape index (κ2) is 5.33. The Labute approximate surface area is 102 Å². The van der Waals surface area contributed by atoms with Crippen LogP contribution in [0.25, 0.3) is 0 Å². The van der Waals surface area contributed by atoms with E-state index >= 15 is 0 Å². The number of hydrogen-bond acceptors (Lipinski definition) is 4. The predicted octanol–water partition coefficient (Wildman–Crippen LogP) is 0.478. The monoisotopic (exact) mass is 236 g/mol. The number of anilines is 1. The molecule has 5 nitrogen and oxygen atoms in total. The zero-order valence-corrected chi connectivity index (χ0v) is 10.2. The van der Waals surface area contributed by atoms with Crippen LogP contribution in [0.5, 0.6) is 0 Å². The molecule has 1 atom stereocenters. The summed E-state index contributed by atoms with van der Waals surface area (Å²) in [6, 6.07) is 0. The van der Waals surface area contributed by atoms with Crippen LogP contribution >= 0.6 is 0 Å². The van der Waals surface area contributed by atoms with Crippen LogP contribution in [-0.4, -0.2) is 45.5 Å². The molecule has 2 heterocycles. The molecule has 1 aromatic rings. The highest BCUT2D eigenvalue weighted by molar-refractivity contribution is 5.30. The van der Waals surface area contributed by atoms with Crippen LogP contribution in [0.4, 0.5) is 5.69 Å². The highest BCUT2D eigenvalue weighted by Crippen LogP contribution is 2.10. The molecule has 17 heavy (non-hydrogen) atoms. The quantitative estimate of drug-likeness (QED) is 0.746. The molecule has 0 bridgehead atoms. The molecular formula is C12H20N4O. The molecule has 0 fully saturated rings. The number of β-amino-alcohol motifs (C(OH)–C–C–N with tert-alkyl or cyclic N) is 1. The van der Waals surface area contributed by atoms with Crippen LogP contribution < -0.4 is 5.73 Å². The Morgan fingerprint density at radius 1 is 1.53 bits per heavy atom. The summed E-state index contributed by atoms with van der Waals surface area (Å²) in [5.74, 6) is 0. The summed E-state index contributed by atoms with van der Waals surface area (Å²) in [4.78, 5) is 2.25. The third-order valence-electron chi connectivity index (χ3n) is 3.04. The fourth-order valence-electron chi connectivity index (χ4n) is 2.03. The van der Waals surface area contributed by atoms with Crippen molar-refractivity contribution >= 4 is 5.69 Å². The largest absolute Gasteiger partial charge is 0.396 e. The van der Waals surface area contributed by atoms with Gasteiger partial charge in [-0.05, 0) is 13.3 Å². The van der Waals surface area contributed by atoms with E-state index < -0.39 is 6.10 Å². The normalized spacial score (nSPS) is 19.1. The average Bonchev–Trinajstić information content (AvgIpc) is 2.67. The molecule has 0 saturated heterocycles. The zero-order valence-electron chi connectivity index (χ0n) is 10.2. The minimum absolute atomic E-state index is 0.402. The Morgan fingerprint density at radius 3 is 2.94 bits per heavy atom. The Kier molecular flexibility index (Phi) is 3.81. The number of nitrogens with two attached hydrogens (primary N) is 1. The van der Waals surface area contributed by atoms with Crippen molar-refractivity contribution in [1.29, 1.82) is 0 Å². The molecule has 94 valence electrons. The number of aliphatic hydroxyl groups is 1. The van der Waals surface area contributed by atoms with Crippen molar-refractivity contribution in [3.8, 4) is 0 Å². The second-order valence-corrected chi connectivity index (χ2v) is 4.71. The van der Waals surface area contributed by atoms with Crippen LogP contribution in [0.15, 0.2) is 24.0 Å².